The van der Waals surface area contributed by atoms with Crippen molar-refractivity contribution in [3.8, 4) is 21.7 Å². The number of halogens is 4. The Labute approximate surface area is 189 Å². The first-order valence-electron chi connectivity index (χ1n) is 9.80. The molecule has 2 unspecified atom stereocenters. The van der Waals surface area contributed by atoms with Gasteiger partial charge in [-0.25, -0.2) is 22.5 Å². The minimum Gasteiger partial charge on any atom is -0.389 e. The average Bonchev–Trinajstić information content (AvgIpc) is 3.23. The lowest BCUT2D eigenvalue weighted by atomic mass is 9.97. The maximum atomic E-state index is 15.6. The van der Waals surface area contributed by atoms with Crippen LogP contribution in [0.4, 0.5) is 22.6 Å². The molecule has 6 N–H and O–H groups in total. The number of carbonyl (C=O) groups is 1. The molecule has 0 radical (unpaired) electrons. The van der Waals surface area contributed by atoms with Gasteiger partial charge in [0.1, 0.15) is 27.7 Å². The summed E-state index contributed by atoms with van der Waals surface area (Å²) < 4.78 is 65.9. The molecule has 2 aromatic heterocycles. The van der Waals surface area contributed by atoms with Crippen molar-refractivity contribution in [1.29, 1.82) is 0 Å². The highest BCUT2D eigenvalue weighted by Crippen LogP contribution is 2.42. The molecule has 0 spiro atoms. The van der Waals surface area contributed by atoms with E-state index in [-0.39, 0.29) is 39.1 Å². The summed E-state index contributed by atoms with van der Waals surface area (Å²) in [7, 11) is 1.51. The molecule has 13 heteroatoms. The van der Waals surface area contributed by atoms with Crippen LogP contribution in [0.25, 0.3) is 21.7 Å². The van der Waals surface area contributed by atoms with Gasteiger partial charge in [-0.3, -0.25) is 9.48 Å². The van der Waals surface area contributed by atoms with Crippen molar-refractivity contribution in [3.63, 3.8) is 0 Å². The van der Waals surface area contributed by atoms with Crippen LogP contribution in [-0.2, 0) is 11.8 Å². The number of nitrogen functional groups attached to an aromatic ring is 1. The van der Waals surface area contributed by atoms with E-state index in [0.29, 0.717) is 11.3 Å². The van der Waals surface area contributed by atoms with Gasteiger partial charge in [0.05, 0.1) is 24.1 Å². The summed E-state index contributed by atoms with van der Waals surface area (Å²) in [5.41, 5.74) is 16.0. The number of hydrogen-bond acceptors (Lipinski definition) is 7. The van der Waals surface area contributed by atoms with Gasteiger partial charge in [-0.05, 0) is 12.1 Å². The first-order chi connectivity index (χ1) is 15.5. The number of hydrogen-bond donors (Lipinski definition) is 3. The van der Waals surface area contributed by atoms with Crippen LogP contribution in [0.3, 0.4) is 0 Å². The SMILES string of the molecule is Cn1ncc(-c2ccc(F)c(-c3nc(C(N)=O)c(N)s3)c2F)c1C1CC(F)(F)CC(N)CO1. The molecular weight excluding hydrogens is 464 g/mol. The molecule has 2 atom stereocenters. The second-order valence-electron chi connectivity index (χ2n) is 7.79. The number of primary amides is 1. The standard InChI is InChI=1S/C20H20F4N6O2S/c1-30-16(12-5-20(23,24)4-8(25)7-32-12)10(6-28-30)9-2-3-11(21)13(14(9)22)19-29-15(17(26)31)18(27)33-19/h2-3,6,8,12H,4-5,7,25,27H2,1H3,(H2,26,31). The molecular formula is C20H20F4N6O2S. The van der Waals surface area contributed by atoms with Crippen LogP contribution in [0.1, 0.15) is 35.1 Å². The number of thiazole rings is 1. The highest BCUT2D eigenvalue weighted by atomic mass is 32.1. The molecule has 3 heterocycles. The maximum absolute atomic E-state index is 15.6. The third-order valence-electron chi connectivity index (χ3n) is 5.33. The molecule has 3 aromatic rings. The second kappa shape index (κ2) is 8.39. The predicted octanol–water partition coefficient (Wildman–Crippen LogP) is 2.98. The number of anilines is 1. The Morgan fingerprint density at radius 1 is 1.27 bits per heavy atom. The fourth-order valence-corrected chi connectivity index (χ4v) is 4.76. The smallest absolute Gasteiger partial charge is 0.270 e. The number of aromatic nitrogens is 3. The number of aryl methyl sites for hydroxylation is 1. The third-order valence-corrected chi connectivity index (χ3v) is 6.23. The molecule has 33 heavy (non-hydrogen) atoms. The summed E-state index contributed by atoms with van der Waals surface area (Å²) in [6.07, 6.45) is -1.05. The lowest BCUT2D eigenvalue weighted by molar-refractivity contribution is -0.0452. The van der Waals surface area contributed by atoms with Crippen molar-refractivity contribution in [2.24, 2.45) is 18.5 Å². The van der Waals surface area contributed by atoms with Gasteiger partial charge in [-0.2, -0.15) is 5.10 Å². The number of carbonyl (C=O) groups excluding carboxylic acids is 1. The molecule has 1 aromatic carbocycles. The van der Waals surface area contributed by atoms with E-state index in [2.05, 4.69) is 10.1 Å². The summed E-state index contributed by atoms with van der Waals surface area (Å²) in [5.74, 6) is -6.01. The molecule has 4 rings (SSSR count). The zero-order valence-electron chi connectivity index (χ0n) is 17.3. The van der Waals surface area contributed by atoms with E-state index in [0.717, 1.165) is 6.07 Å². The summed E-state index contributed by atoms with van der Waals surface area (Å²) in [5, 5.41) is 3.80. The first kappa shape index (κ1) is 23.1. The van der Waals surface area contributed by atoms with Crippen molar-refractivity contribution in [1.82, 2.24) is 14.8 Å². The van der Waals surface area contributed by atoms with E-state index in [4.69, 9.17) is 21.9 Å². The van der Waals surface area contributed by atoms with Crippen molar-refractivity contribution in [2.75, 3.05) is 12.3 Å². The van der Waals surface area contributed by atoms with E-state index >= 15 is 4.39 Å². The Kier molecular flexibility index (Phi) is 5.88. The third kappa shape index (κ3) is 4.30. The van der Waals surface area contributed by atoms with Crippen LogP contribution in [0, 0.1) is 11.6 Å². The molecule has 1 aliphatic heterocycles. The number of amides is 1. The van der Waals surface area contributed by atoms with E-state index in [1.165, 1.54) is 24.0 Å². The van der Waals surface area contributed by atoms with E-state index < -0.39 is 54.0 Å². The number of ether oxygens (including phenoxy) is 1. The van der Waals surface area contributed by atoms with Crippen molar-refractivity contribution in [2.45, 2.75) is 30.9 Å². The molecule has 8 nitrogen and oxygen atoms in total. The Bertz CT molecular complexity index is 1230. The quantitative estimate of drug-likeness (QED) is 0.487. The molecule has 176 valence electrons. The Balaban J connectivity index is 1.83. The van der Waals surface area contributed by atoms with Crippen LogP contribution < -0.4 is 17.2 Å². The number of alkyl halides is 2. The van der Waals surface area contributed by atoms with Gasteiger partial charge < -0.3 is 21.9 Å². The lowest BCUT2D eigenvalue weighted by Crippen LogP contribution is -2.30. The molecule has 0 bridgehead atoms. The highest BCUT2D eigenvalue weighted by Gasteiger charge is 2.41. The average molecular weight is 484 g/mol. The minimum atomic E-state index is -3.10. The molecule has 1 aliphatic rings. The molecule has 1 fully saturated rings. The van der Waals surface area contributed by atoms with Gasteiger partial charge in [0.2, 0.25) is 0 Å². The van der Waals surface area contributed by atoms with Crippen LogP contribution in [0.2, 0.25) is 0 Å². The normalized spacial score (nSPS) is 20.5. The number of benzene rings is 1. The van der Waals surface area contributed by atoms with Gasteiger partial charge in [0.15, 0.2) is 5.69 Å². The summed E-state index contributed by atoms with van der Waals surface area (Å²) in [6.45, 7) is -0.115. The van der Waals surface area contributed by atoms with Crippen LogP contribution in [-0.4, -0.2) is 39.2 Å². The van der Waals surface area contributed by atoms with Gasteiger partial charge in [0.25, 0.3) is 11.8 Å². The molecule has 0 aliphatic carbocycles. The topological polar surface area (TPSA) is 135 Å². The molecule has 0 saturated carbocycles. The summed E-state index contributed by atoms with van der Waals surface area (Å²) in [4.78, 5) is 15.3. The largest absolute Gasteiger partial charge is 0.389 e. The van der Waals surface area contributed by atoms with Crippen molar-refractivity contribution in [3.05, 3.63) is 41.4 Å². The Hall–Kier alpha value is -3.03. The zero-order chi connectivity index (χ0) is 24.1. The Morgan fingerprint density at radius 3 is 2.67 bits per heavy atom. The van der Waals surface area contributed by atoms with Crippen molar-refractivity contribution >= 4 is 22.2 Å². The zero-order valence-corrected chi connectivity index (χ0v) is 18.1. The number of nitrogens with two attached hydrogens (primary N) is 3. The van der Waals surface area contributed by atoms with E-state index in [9.17, 15) is 18.0 Å². The first-order valence-corrected chi connectivity index (χ1v) is 10.6. The maximum Gasteiger partial charge on any atom is 0.270 e. The second-order valence-corrected chi connectivity index (χ2v) is 8.82. The highest BCUT2D eigenvalue weighted by molar-refractivity contribution is 7.19. The molecule has 1 amide bonds. The van der Waals surface area contributed by atoms with Crippen molar-refractivity contribution < 1.29 is 27.1 Å². The fraction of sp³-hybridized carbons (Fsp3) is 0.350. The van der Waals surface area contributed by atoms with Crippen LogP contribution >= 0.6 is 11.3 Å². The number of rotatable bonds is 4. The predicted molar refractivity (Wildman–Crippen MR) is 113 cm³/mol. The summed E-state index contributed by atoms with van der Waals surface area (Å²) >= 11 is 0.695. The van der Waals surface area contributed by atoms with Gasteiger partial charge in [-0.1, -0.05) is 11.3 Å². The van der Waals surface area contributed by atoms with Crippen LogP contribution in [0.15, 0.2) is 18.3 Å². The van der Waals surface area contributed by atoms with Crippen LogP contribution in [0.5, 0.6) is 0 Å². The van der Waals surface area contributed by atoms with Gasteiger partial charge >= 0.3 is 0 Å². The monoisotopic (exact) mass is 484 g/mol. The molecule has 1 saturated heterocycles. The minimum absolute atomic E-state index is 0.0887. The van der Waals surface area contributed by atoms with E-state index in [1.807, 2.05) is 0 Å². The van der Waals surface area contributed by atoms with Gasteiger partial charge in [-0.15, -0.1) is 0 Å². The lowest BCUT2D eigenvalue weighted by Gasteiger charge is -2.21. The Morgan fingerprint density at radius 2 is 2.00 bits per heavy atom. The fourth-order valence-electron chi connectivity index (χ4n) is 3.88. The van der Waals surface area contributed by atoms with Gasteiger partial charge in [0, 0.05) is 37.1 Å². The summed E-state index contributed by atoms with van der Waals surface area (Å²) in [6, 6.07) is 1.32. The number of nitrogens with zero attached hydrogens (tertiary/aromatic N) is 3. The van der Waals surface area contributed by atoms with E-state index in [1.54, 1.807) is 0 Å².